The van der Waals surface area contributed by atoms with Crippen molar-refractivity contribution in [2.45, 2.75) is 45.4 Å². The summed E-state index contributed by atoms with van der Waals surface area (Å²) >= 11 is 0. The molecule has 1 saturated heterocycles. The first-order chi connectivity index (χ1) is 21.2. The second-order valence-corrected chi connectivity index (χ2v) is 9.44. The standard InChI is InChI=1S/C21H23F3N2O4.C7H7F.CH2F2O.CH3NO/c1-12-4-5-25(11-15(9-22)30-3)21(28)20(12)26-10-13(6-18(26)27)19-16(23)7-14(29-2)8-17(19)24;1-6-2-4-7(8)5-3-6;2-1(3)4;2-1-3/h4-5,7-8,13,15H,6,9-11H2,1-3H3;2-5H,1H3;1,4H;1H,(H2,2,3). The maximum absolute atomic E-state index is 14.5. The summed E-state index contributed by atoms with van der Waals surface area (Å²) in [6.45, 7) is -0.409. The van der Waals surface area contributed by atoms with E-state index in [0.717, 1.165) is 17.7 Å². The highest BCUT2D eigenvalue weighted by Crippen LogP contribution is 2.35. The fourth-order valence-corrected chi connectivity index (χ4v) is 4.25. The van der Waals surface area contributed by atoms with Crippen LogP contribution in [0.3, 0.4) is 0 Å². The summed E-state index contributed by atoms with van der Waals surface area (Å²) in [7, 11) is 2.64. The van der Waals surface area contributed by atoms with Gasteiger partial charge in [0.05, 0.1) is 13.7 Å². The number of carbonyl (C=O) groups is 2. The zero-order chi connectivity index (χ0) is 34.3. The number of aryl methyl sites for hydroxylation is 2. The molecule has 3 aromatic rings. The molecule has 1 aliphatic heterocycles. The van der Waals surface area contributed by atoms with Crippen LogP contribution in [0.15, 0.2) is 53.5 Å². The van der Waals surface area contributed by atoms with Crippen LogP contribution in [0.5, 0.6) is 5.75 Å². The van der Waals surface area contributed by atoms with Crippen LogP contribution in [0.25, 0.3) is 0 Å². The number of halogens is 6. The van der Waals surface area contributed by atoms with Crippen molar-refractivity contribution >= 4 is 18.0 Å². The number of amides is 2. The van der Waals surface area contributed by atoms with Gasteiger partial charge in [-0.15, -0.1) is 0 Å². The molecular weight excluding hydrogens is 612 g/mol. The topological polar surface area (TPSA) is 124 Å². The Hall–Kier alpha value is -4.37. The van der Waals surface area contributed by atoms with Gasteiger partial charge in [-0.1, -0.05) is 17.7 Å². The summed E-state index contributed by atoms with van der Waals surface area (Å²) in [5.41, 5.74) is 5.21. The highest BCUT2D eigenvalue weighted by Gasteiger charge is 2.37. The van der Waals surface area contributed by atoms with Crippen LogP contribution in [0, 0.1) is 31.3 Å². The number of nitrogens with zero attached hydrogens (tertiary/aromatic N) is 2. The van der Waals surface area contributed by atoms with Crippen molar-refractivity contribution < 1.29 is 50.5 Å². The Morgan fingerprint density at radius 2 is 1.58 bits per heavy atom. The molecule has 1 aromatic heterocycles. The van der Waals surface area contributed by atoms with E-state index >= 15 is 0 Å². The summed E-state index contributed by atoms with van der Waals surface area (Å²) in [5, 5.41) is 6.72. The molecular formula is C30H35F6N3O6. The number of aliphatic hydroxyl groups is 1. The van der Waals surface area contributed by atoms with Gasteiger partial charge in [-0.2, -0.15) is 8.78 Å². The number of hydrogen-bond acceptors (Lipinski definition) is 6. The molecule has 2 amide bonds. The zero-order valence-corrected chi connectivity index (χ0v) is 25.0. The number of carbonyl (C=O) groups excluding carboxylic acids is 2. The van der Waals surface area contributed by atoms with E-state index in [1.807, 2.05) is 6.92 Å². The molecule has 0 aliphatic carbocycles. The van der Waals surface area contributed by atoms with E-state index in [2.05, 4.69) is 5.73 Å². The van der Waals surface area contributed by atoms with Crippen molar-refractivity contribution in [1.29, 1.82) is 0 Å². The molecule has 2 heterocycles. The number of anilines is 1. The third-order valence-electron chi connectivity index (χ3n) is 6.35. The van der Waals surface area contributed by atoms with Crippen LogP contribution in [0.1, 0.15) is 29.0 Å². The summed E-state index contributed by atoms with van der Waals surface area (Å²) in [4.78, 5) is 35.5. The first-order valence-corrected chi connectivity index (χ1v) is 13.2. The summed E-state index contributed by atoms with van der Waals surface area (Å²) in [6.07, 6.45) is 0.811. The average molecular weight is 648 g/mol. The Balaban J connectivity index is 0.000000556. The number of hydrogen-bond donors (Lipinski definition) is 2. The molecule has 0 spiro atoms. The normalized spacial score (nSPS) is 14.4. The van der Waals surface area contributed by atoms with Crippen LogP contribution in [0.2, 0.25) is 0 Å². The molecule has 2 aromatic carbocycles. The Labute approximate surface area is 255 Å². The lowest BCUT2D eigenvalue weighted by molar-refractivity contribution is -0.117. The van der Waals surface area contributed by atoms with E-state index in [9.17, 15) is 35.9 Å². The van der Waals surface area contributed by atoms with Crippen LogP contribution in [-0.2, 0) is 20.9 Å². The van der Waals surface area contributed by atoms with E-state index in [4.69, 9.17) is 19.4 Å². The van der Waals surface area contributed by atoms with Crippen LogP contribution < -0.4 is 20.9 Å². The monoisotopic (exact) mass is 647 g/mol. The van der Waals surface area contributed by atoms with Gasteiger partial charge in [0.15, 0.2) is 0 Å². The van der Waals surface area contributed by atoms with E-state index in [1.54, 1.807) is 25.1 Å². The maximum Gasteiger partial charge on any atom is 0.342 e. The van der Waals surface area contributed by atoms with Gasteiger partial charge < -0.3 is 29.8 Å². The lowest BCUT2D eigenvalue weighted by atomic mass is 9.97. The number of aromatic nitrogens is 1. The van der Waals surface area contributed by atoms with Gasteiger partial charge in [0.25, 0.3) is 5.56 Å². The minimum atomic E-state index is -3.17. The molecule has 4 rings (SSSR count). The van der Waals surface area contributed by atoms with Crippen molar-refractivity contribution in [3.63, 3.8) is 0 Å². The molecule has 45 heavy (non-hydrogen) atoms. The van der Waals surface area contributed by atoms with Gasteiger partial charge >= 0.3 is 6.61 Å². The van der Waals surface area contributed by atoms with Gasteiger partial charge in [0.2, 0.25) is 12.3 Å². The number of pyridine rings is 1. The van der Waals surface area contributed by atoms with E-state index in [0.29, 0.717) is 5.56 Å². The lowest BCUT2D eigenvalue weighted by Gasteiger charge is -2.21. The number of ether oxygens (including phenoxy) is 2. The fourth-order valence-electron chi connectivity index (χ4n) is 4.25. The Kier molecular flexibility index (Phi) is 16.4. The maximum atomic E-state index is 14.5. The molecule has 3 N–H and O–H groups in total. The quantitative estimate of drug-likeness (QED) is 0.290. The number of alkyl halides is 3. The van der Waals surface area contributed by atoms with Crippen LogP contribution in [-0.4, -0.2) is 62.1 Å². The van der Waals surface area contributed by atoms with Crippen LogP contribution in [0.4, 0.5) is 32.0 Å². The molecule has 2 atom stereocenters. The SMILES string of the molecule is COc1cc(F)c(C2CC(=O)N(c3c(C)ccn(CC(CF)OC)c3=O)C2)c(F)c1.Cc1ccc(F)cc1.NC=O.OC(F)F. The molecule has 1 aliphatic rings. The van der Waals surface area contributed by atoms with Gasteiger partial charge in [-0.3, -0.25) is 14.4 Å². The van der Waals surface area contributed by atoms with Crippen LogP contribution >= 0.6 is 0 Å². The number of aliphatic hydroxyl groups excluding tert-OH is 1. The van der Waals surface area contributed by atoms with Crippen molar-refractivity contribution in [2.24, 2.45) is 5.73 Å². The van der Waals surface area contributed by atoms with E-state index < -0.39 is 48.4 Å². The summed E-state index contributed by atoms with van der Waals surface area (Å²) in [5.74, 6) is -2.91. The van der Waals surface area contributed by atoms with Gasteiger partial charge in [0, 0.05) is 49.9 Å². The Morgan fingerprint density at radius 1 is 1.04 bits per heavy atom. The highest BCUT2D eigenvalue weighted by molar-refractivity contribution is 5.97. The van der Waals surface area contributed by atoms with Crippen molar-refractivity contribution in [1.82, 2.24) is 4.57 Å². The minimum absolute atomic E-state index is 0.0215. The number of benzene rings is 2. The molecule has 2 unspecified atom stereocenters. The van der Waals surface area contributed by atoms with Gasteiger partial charge in [0.1, 0.15) is 41.7 Å². The van der Waals surface area contributed by atoms with E-state index in [-0.39, 0.29) is 48.7 Å². The zero-order valence-electron chi connectivity index (χ0n) is 25.0. The predicted molar refractivity (Wildman–Crippen MR) is 154 cm³/mol. The predicted octanol–water partition coefficient (Wildman–Crippen LogP) is 4.39. The Morgan fingerprint density at radius 3 is 2.02 bits per heavy atom. The second kappa shape index (κ2) is 19.1. The van der Waals surface area contributed by atoms with Gasteiger partial charge in [-0.25, -0.2) is 17.6 Å². The first-order valence-electron chi connectivity index (χ1n) is 13.2. The third-order valence-corrected chi connectivity index (χ3v) is 6.35. The summed E-state index contributed by atoms with van der Waals surface area (Å²) < 4.78 is 85.0. The number of primary amides is 1. The third kappa shape index (κ3) is 11.9. The summed E-state index contributed by atoms with van der Waals surface area (Å²) in [6, 6.07) is 10.2. The number of rotatable bonds is 7. The molecule has 9 nitrogen and oxygen atoms in total. The molecule has 0 bridgehead atoms. The minimum Gasteiger partial charge on any atom is -0.497 e. The fraction of sp³-hybridized carbons (Fsp3) is 0.367. The van der Waals surface area contributed by atoms with E-state index in [1.165, 1.54) is 42.0 Å². The molecule has 15 heteroatoms. The first kappa shape index (κ1) is 38.7. The molecule has 0 saturated carbocycles. The molecule has 248 valence electrons. The smallest absolute Gasteiger partial charge is 0.342 e. The molecule has 0 radical (unpaired) electrons. The van der Waals surface area contributed by atoms with Gasteiger partial charge in [-0.05, 0) is 37.6 Å². The Bertz CT molecular complexity index is 1390. The molecule has 1 fully saturated rings. The average Bonchev–Trinajstić information content (AvgIpc) is 3.34. The highest BCUT2D eigenvalue weighted by atomic mass is 19.3. The number of nitrogens with two attached hydrogens (primary N) is 1. The van der Waals surface area contributed by atoms with Crippen molar-refractivity contribution in [3.05, 3.63) is 93.2 Å². The lowest BCUT2D eigenvalue weighted by Crippen LogP contribution is -2.36. The second-order valence-electron chi connectivity index (χ2n) is 9.44. The van der Waals surface area contributed by atoms with Crippen molar-refractivity contribution in [3.8, 4) is 5.75 Å². The van der Waals surface area contributed by atoms with Crippen molar-refractivity contribution in [2.75, 3.05) is 32.3 Å². The largest absolute Gasteiger partial charge is 0.497 e. The number of methoxy groups -OCH3 is 2.